The summed E-state index contributed by atoms with van der Waals surface area (Å²) in [4.78, 5) is 0. The van der Waals surface area contributed by atoms with E-state index in [1.165, 1.54) is 22.8 Å². The van der Waals surface area contributed by atoms with E-state index in [1.807, 2.05) is 18.2 Å². The van der Waals surface area contributed by atoms with Crippen LogP contribution >= 0.6 is 0 Å². The predicted octanol–water partition coefficient (Wildman–Crippen LogP) is 5.44. The van der Waals surface area contributed by atoms with Gasteiger partial charge in [0, 0.05) is 11.5 Å². The number of hydrogen-bond acceptors (Lipinski definition) is 2. The van der Waals surface area contributed by atoms with Crippen molar-refractivity contribution in [1.82, 2.24) is 0 Å². The summed E-state index contributed by atoms with van der Waals surface area (Å²) in [6.07, 6.45) is 3.91. The Morgan fingerprint density at radius 1 is 0.840 bits per heavy atom. The molecule has 1 N–H and O–H groups in total. The summed E-state index contributed by atoms with van der Waals surface area (Å²) in [5.74, 6) is 1.07. The Balaban J connectivity index is 1.73. The highest BCUT2D eigenvalue weighted by Gasteiger charge is 2.28. The molecule has 128 valence electrons. The van der Waals surface area contributed by atoms with Gasteiger partial charge < -0.3 is 9.84 Å². The fourth-order valence-electron chi connectivity index (χ4n) is 3.97. The van der Waals surface area contributed by atoms with Crippen molar-refractivity contribution in [2.24, 2.45) is 0 Å². The molecule has 1 aliphatic carbocycles. The first kappa shape index (κ1) is 16.2. The molecule has 0 heterocycles. The van der Waals surface area contributed by atoms with E-state index >= 15 is 0 Å². The zero-order chi connectivity index (χ0) is 17.1. The third kappa shape index (κ3) is 3.40. The smallest absolute Gasteiger partial charge is 0.124 e. The molecule has 2 nitrogen and oxygen atoms in total. The lowest BCUT2D eigenvalue weighted by molar-refractivity contribution is 0.105. The SMILES string of the molecule is O[C@@H]1CCCC[C@@H]1c1c(OCc2ccccc2)ccc2ccccc12. The minimum Gasteiger partial charge on any atom is -0.489 e. The Hall–Kier alpha value is -2.32. The van der Waals surface area contributed by atoms with E-state index in [0.717, 1.165) is 30.6 Å². The molecule has 3 aromatic rings. The standard InChI is InChI=1S/C23H24O2/c24-21-13-7-6-12-20(21)23-19-11-5-4-10-18(19)14-15-22(23)25-16-17-8-2-1-3-9-17/h1-5,8-11,14-15,20-21,24H,6-7,12-13,16H2/t20-,21+/m0/s1. The van der Waals surface area contributed by atoms with Crippen LogP contribution in [-0.4, -0.2) is 11.2 Å². The maximum atomic E-state index is 10.6. The molecule has 1 fully saturated rings. The second kappa shape index (κ2) is 7.28. The Morgan fingerprint density at radius 2 is 1.60 bits per heavy atom. The third-order valence-corrected chi connectivity index (χ3v) is 5.27. The zero-order valence-electron chi connectivity index (χ0n) is 14.4. The van der Waals surface area contributed by atoms with Crippen molar-refractivity contribution in [3.8, 4) is 5.75 Å². The van der Waals surface area contributed by atoms with Crippen LogP contribution in [0.1, 0.15) is 42.7 Å². The molecule has 0 amide bonds. The Morgan fingerprint density at radius 3 is 2.44 bits per heavy atom. The van der Waals surface area contributed by atoms with E-state index in [2.05, 4.69) is 48.5 Å². The molecule has 0 aliphatic heterocycles. The molecule has 0 saturated heterocycles. The summed E-state index contributed by atoms with van der Waals surface area (Å²) in [7, 11) is 0. The highest BCUT2D eigenvalue weighted by Crippen LogP contribution is 2.42. The highest BCUT2D eigenvalue weighted by molar-refractivity contribution is 5.88. The number of ether oxygens (including phenoxy) is 1. The summed E-state index contributed by atoms with van der Waals surface area (Å²) in [6.45, 7) is 0.551. The summed E-state index contributed by atoms with van der Waals surface area (Å²) in [5.41, 5.74) is 2.34. The normalized spacial score (nSPS) is 20.5. The van der Waals surface area contributed by atoms with Gasteiger partial charge in [-0.25, -0.2) is 0 Å². The zero-order valence-corrected chi connectivity index (χ0v) is 14.4. The number of aliphatic hydroxyl groups is 1. The van der Waals surface area contributed by atoms with Gasteiger partial charge >= 0.3 is 0 Å². The summed E-state index contributed by atoms with van der Waals surface area (Å²) < 4.78 is 6.22. The monoisotopic (exact) mass is 332 g/mol. The largest absolute Gasteiger partial charge is 0.489 e. The lowest BCUT2D eigenvalue weighted by Crippen LogP contribution is -2.23. The van der Waals surface area contributed by atoms with Crippen LogP contribution in [-0.2, 0) is 6.61 Å². The first-order chi connectivity index (χ1) is 12.3. The van der Waals surface area contributed by atoms with Gasteiger partial charge in [-0.15, -0.1) is 0 Å². The van der Waals surface area contributed by atoms with Crippen LogP contribution in [0.3, 0.4) is 0 Å². The molecule has 25 heavy (non-hydrogen) atoms. The second-order valence-corrected chi connectivity index (χ2v) is 6.93. The van der Waals surface area contributed by atoms with Crippen molar-refractivity contribution >= 4 is 10.8 Å². The molecule has 3 aromatic carbocycles. The third-order valence-electron chi connectivity index (χ3n) is 5.27. The summed E-state index contributed by atoms with van der Waals surface area (Å²) in [5, 5.41) is 13.1. The number of rotatable bonds is 4. The van der Waals surface area contributed by atoms with E-state index in [-0.39, 0.29) is 12.0 Å². The van der Waals surface area contributed by atoms with Gasteiger partial charge in [0.25, 0.3) is 0 Å². The Bertz CT molecular complexity index is 841. The summed E-state index contributed by atoms with van der Waals surface area (Å²) in [6, 6.07) is 22.9. The van der Waals surface area contributed by atoms with Gasteiger partial charge in [0.05, 0.1) is 6.10 Å². The van der Waals surface area contributed by atoms with Crippen LogP contribution < -0.4 is 4.74 Å². The van der Waals surface area contributed by atoms with E-state index in [1.54, 1.807) is 0 Å². The van der Waals surface area contributed by atoms with Crippen LogP contribution in [0.2, 0.25) is 0 Å². The number of benzene rings is 3. The Kier molecular flexibility index (Phi) is 4.71. The Labute approximate surface area is 149 Å². The van der Waals surface area contributed by atoms with Crippen LogP contribution in [0.25, 0.3) is 10.8 Å². The van der Waals surface area contributed by atoms with Crippen LogP contribution in [0.15, 0.2) is 66.7 Å². The molecule has 0 unspecified atom stereocenters. The van der Waals surface area contributed by atoms with Gasteiger partial charge in [-0.2, -0.15) is 0 Å². The molecule has 2 heteroatoms. The topological polar surface area (TPSA) is 29.5 Å². The van der Waals surface area contributed by atoms with Crippen molar-refractivity contribution in [3.05, 3.63) is 77.9 Å². The molecular formula is C23H24O2. The molecule has 0 aromatic heterocycles. The fraction of sp³-hybridized carbons (Fsp3) is 0.304. The average Bonchev–Trinajstić information content (AvgIpc) is 2.67. The van der Waals surface area contributed by atoms with Gasteiger partial charge in [0.1, 0.15) is 12.4 Å². The maximum absolute atomic E-state index is 10.6. The molecule has 1 aliphatic rings. The number of fused-ring (bicyclic) bond motifs is 1. The van der Waals surface area contributed by atoms with Crippen LogP contribution in [0.4, 0.5) is 0 Å². The summed E-state index contributed by atoms with van der Waals surface area (Å²) >= 11 is 0. The van der Waals surface area contributed by atoms with Crippen molar-refractivity contribution in [2.75, 3.05) is 0 Å². The van der Waals surface area contributed by atoms with E-state index in [0.29, 0.717) is 6.61 Å². The molecule has 1 saturated carbocycles. The minimum absolute atomic E-state index is 0.158. The van der Waals surface area contributed by atoms with Gasteiger partial charge in [-0.3, -0.25) is 0 Å². The molecular weight excluding hydrogens is 308 g/mol. The van der Waals surface area contributed by atoms with Crippen molar-refractivity contribution < 1.29 is 9.84 Å². The van der Waals surface area contributed by atoms with E-state index in [4.69, 9.17) is 4.74 Å². The molecule has 0 radical (unpaired) electrons. The van der Waals surface area contributed by atoms with Crippen LogP contribution in [0, 0.1) is 0 Å². The van der Waals surface area contributed by atoms with E-state index < -0.39 is 0 Å². The average molecular weight is 332 g/mol. The van der Waals surface area contributed by atoms with Gasteiger partial charge in [-0.05, 0) is 35.2 Å². The fourth-order valence-corrected chi connectivity index (χ4v) is 3.97. The lowest BCUT2D eigenvalue weighted by atomic mass is 9.79. The number of aliphatic hydroxyl groups excluding tert-OH is 1. The molecule has 4 rings (SSSR count). The molecule has 0 spiro atoms. The quantitative estimate of drug-likeness (QED) is 0.689. The van der Waals surface area contributed by atoms with Crippen LogP contribution in [0.5, 0.6) is 5.75 Å². The van der Waals surface area contributed by atoms with Gasteiger partial charge in [-0.1, -0.05) is 73.5 Å². The maximum Gasteiger partial charge on any atom is 0.124 e. The minimum atomic E-state index is -0.279. The van der Waals surface area contributed by atoms with Gasteiger partial charge in [0.2, 0.25) is 0 Å². The second-order valence-electron chi connectivity index (χ2n) is 6.93. The highest BCUT2D eigenvalue weighted by atomic mass is 16.5. The molecule has 0 bridgehead atoms. The van der Waals surface area contributed by atoms with E-state index in [9.17, 15) is 5.11 Å². The first-order valence-corrected chi connectivity index (χ1v) is 9.19. The lowest BCUT2D eigenvalue weighted by Gasteiger charge is -2.30. The van der Waals surface area contributed by atoms with Crippen molar-refractivity contribution in [2.45, 2.75) is 44.3 Å². The van der Waals surface area contributed by atoms with Crippen molar-refractivity contribution in [3.63, 3.8) is 0 Å². The van der Waals surface area contributed by atoms with Gasteiger partial charge in [0.15, 0.2) is 0 Å². The number of hydrogen-bond donors (Lipinski definition) is 1. The first-order valence-electron chi connectivity index (χ1n) is 9.19. The predicted molar refractivity (Wildman–Crippen MR) is 102 cm³/mol. The van der Waals surface area contributed by atoms with Crippen molar-refractivity contribution in [1.29, 1.82) is 0 Å². The molecule has 2 atom stereocenters.